The van der Waals surface area contributed by atoms with Gasteiger partial charge in [0, 0.05) is 34.7 Å². The first-order valence-electron chi connectivity index (χ1n) is 7.31. The molecule has 0 aliphatic carbocycles. The van der Waals surface area contributed by atoms with Crippen LogP contribution in [-0.2, 0) is 16.9 Å². The topological polar surface area (TPSA) is 51.1 Å². The molecule has 0 aliphatic rings. The maximum Gasteiger partial charge on any atom is 0.250 e. The smallest absolute Gasteiger partial charge is 0.250 e. The van der Waals surface area contributed by atoms with Crippen molar-refractivity contribution in [2.24, 2.45) is 0 Å². The Morgan fingerprint density at radius 3 is 2.71 bits per heavy atom. The number of nitrogens with zero attached hydrogens (tertiary/aromatic N) is 1. The molecule has 1 heterocycles. The summed E-state index contributed by atoms with van der Waals surface area (Å²) in [6.07, 6.45) is 1.77. The van der Waals surface area contributed by atoms with Gasteiger partial charge < -0.3 is 9.88 Å². The summed E-state index contributed by atoms with van der Waals surface area (Å²) in [4.78, 5) is 23.9. The van der Waals surface area contributed by atoms with E-state index in [1.807, 2.05) is 0 Å². The quantitative estimate of drug-likeness (QED) is 0.806. The van der Waals surface area contributed by atoms with E-state index in [0.717, 1.165) is 4.47 Å². The molecule has 0 atom stereocenters. The maximum absolute atomic E-state index is 13.2. The van der Waals surface area contributed by atoms with Crippen LogP contribution in [0.4, 0.5) is 4.39 Å². The number of aromatic nitrogens is 1. The summed E-state index contributed by atoms with van der Waals surface area (Å²) in [5, 5.41) is 3.12. The van der Waals surface area contributed by atoms with E-state index in [1.165, 1.54) is 22.8 Å². The number of halogens is 3. The van der Waals surface area contributed by atoms with Gasteiger partial charge in [-0.15, -0.1) is 0 Å². The average molecular weight is 416 g/mol. The van der Waals surface area contributed by atoms with Gasteiger partial charge in [0.2, 0.25) is 5.91 Å². The molecule has 0 bridgehead atoms. The Kier molecular flexibility index (Phi) is 5.83. The van der Waals surface area contributed by atoms with Gasteiger partial charge in [-0.25, -0.2) is 4.39 Å². The Bertz CT molecular complexity index is 820. The van der Waals surface area contributed by atoms with Crippen molar-refractivity contribution in [2.45, 2.75) is 32.4 Å². The Labute approximate surface area is 152 Å². The van der Waals surface area contributed by atoms with E-state index in [0.29, 0.717) is 5.56 Å². The van der Waals surface area contributed by atoms with Crippen LogP contribution in [0.15, 0.2) is 45.8 Å². The third-order valence-electron chi connectivity index (χ3n) is 3.58. The number of hydrogen-bond donors (Lipinski definition) is 1. The highest BCUT2D eigenvalue weighted by molar-refractivity contribution is 9.10. The summed E-state index contributed by atoms with van der Waals surface area (Å²) in [5.41, 5.74) is -0.310. The fourth-order valence-corrected chi connectivity index (χ4v) is 3.16. The molecule has 24 heavy (non-hydrogen) atoms. The first-order valence-corrected chi connectivity index (χ1v) is 8.49. The number of rotatable bonds is 5. The molecular formula is C17H17BrClFN2O2. The minimum atomic E-state index is -0.760. The highest BCUT2D eigenvalue weighted by Crippen LogP contribution is 2.28. The largest absolute Gasteiger partial charge is 0.347 e. The molecule has 0 saturated heterocycles. The van der Waals surface area contributed by atoms with Crippen LogP contribution >= 0.6 is 27.5 Å². The molecule has 1 aromatic carbocycles. The van der Waals surface area contributed by atoms with Crippen molar-refractivity contribution in [3.63, 3.8) is 0 Å². The Morgan fingerprint density at radius 1 is 1.33 bits per heavy atom. The van der Waals surface area contributed by atoms with Gasteiger partial charge in [-0.05, 0) is 53.5 Å². The number of pyridine rings is 1. The van der Waals surface area contributed by atoms with E-state index < -0.39 is 11.4 Å². The second-order valence-electron chi connectivity index (χ2n) is 5.93. The second kappa shape index (κ2) is 7.49. The highest BCUT2D eigenvalue weighted by atomic mass is 79.9. The Balaban J connectivity index is 2.05. The van der Waals surface area contributed by atoms with E-state index >= 15 is 0 Å². The van der Waals surface area contributed by atoms with E-state index in [1.54, 1.807) is 32.2 Å². The van der Waals surface area contributed by atoms with Crippen molar-refractivity contribution in [1.29, 1.82) is 0 Å². The van der Waals surface area contributed by atoms with Gasteiger partial charge in [0.1, 0.15) is 5.82 Å². The molecule has 1 N–H and O–H groups in total. The Morgan fingerprint density at radius 2 is 2.04 bits per heavy atom. The van der Waals surface area contributed by atoms with Crippen LogP contribution in [0, 0.1) is 5.82 Å². The molecular weight excluding hydrogens is 399 g/mol. The Hall–Kier alpha value is -1.66. The van der Waals surface area contributed by atoms with Crippen molar-refractivity contribution in [3.05, 3.63) is 67.8 Å². The molecule has 128 valence electrons. The molecule has 0 radical (unpaired) electrons. The zero-order valence-electron chi connectivity index (χ0n) is 13.3. The molecule has 2 aromatic rings. The van der Waals surface area contributed by atoms with E-state index in [9.17, 15) is 14.0 Å². The predicted molar refractivity (Wildman–Crippen MR) is 95.6 cm³/mol. The molecule has 1 aromatic heterocycles. The van der Waals surface area contributed by atoms with Crippen LogP contribution < -0.4 is 10.9 Å². The van der Waals surface area contributed by atoms with E-state index in [2.05, 4.69) is 21.2 Å². The minimum Gasteiger partial charge on any atom is -0.347 e. The minimum absolute atomic E-state index is 0.138. The normalized spacial score (nSPS) is 11.4. The fraction of sp³-hybridized carbons (Fsp3) is 0.294. The fourth-order valence-electron chi connectivity index (χ4n) is 2.37. The average Bonchev–Trinajstić information content (AvgIpc) is 2.47. The van der Waals surface area contributed by atoms with Crippen LogP contribution in [-0.4, -0.2) is 10.5 Å². The monoisotopic (exact) mass is 414 g/mol. The summed E-state index contributed by atoms with van der Waals surface area (Å²) < 4.78 is 15.4. The lowest BCUT2D eigenvalue weighted by Gasteiger charge is -2.28. The SMILES string of the molecule is CC(C)(NC(=O)CCn1cc(Br)ccc1=O)c1ccc(F)cc1Cl. The van der Waals surface area contributed by atoms with Gasteiger partial charge in [0.25, 0.3) is 5.56 Å². The number of aryl methyl sites for hydroxylation is 1. The standard InChI is InChI=1S/C17H17BrClFN2O2/c1-17(2,13-5-4-12(20)9-14(13)19)21-15(23)7-8-22-10-11(18)3-6-16(22)24/h3-6,9-10H,7-8H2,1-2H3,(H,21,23). The van der Waals surface area contributed by atoms with Gasteiger partial charge >= 0.3 is 0 Å². The van der Waals surface area contributed by atoms with Crippen LogP contribution in [0.3, 0.4) is 0 Å². The molecule has 4 nitrogen and oxygen atoms in total. The molecule has 0 spiro atoms. The third kappa shape index (κ3) is 4.68. The number of amides is 1. The van der Waals surface area contributed by atoms with E-state index in [-0.39, 0.29) is 29.5 Å². The lowest BCUT2D eigenvalue weighted by atomic mass is 9.94. The number of hydrogen-bond acceptors (Lipinski definition) is 2. The lowest BCUT2D eigenvalue weighted by molar-refractivity contribution is -0.123. The van der Waals surface area contributed by atoms with Crippen molar-refractivity contribution >= 4 is 33.4 Å². The molecule has 0 aliphatic heterocycles. The van der Waals surface area contributed by atoms with Gasteiger partial charge in [-0.3, -0.25) is 9.59 Å². The van der Waals surface area contributed by atoms with Crippen LogP contribution in [0.5, 0.6) is 0 Å². The zero-order chi connectivity index (χ0) is 17.9. The first-order chi connectivity index (χ1) is 11.2. The van der Waals surface area contributed by atoms with Crippen molar-refractivity contribution in [2.75, 3.05) is 0 Å². The summed E-state index contributed by atoms with van der Waals surface area (Å²) in [5.74, 6) is -0.660. The van der Waals surface area contributed by atoms with Crippen molar-refractivity contribution < 1.29 is 9.18 Å². The molecule has 2 rings (SSSR count). The number of benzene rings is 1. The predicted octanol–water partition coefficient (Wildman–Crippen LogP) is 3.84. The number of carbonyl (C=O) groups is 1. The van der Waals surface area contributed by atoms with Crippen molar-refractivity contribution in [1.82, 2.24) is 9.88 Å². The second-order valence-corrected chi connectivity index (χ2v) is 7.25. The van der Waals surface area contributed by atoms with Crippen LogP contribution in [0.1, 0.15) is 25.8 Å². The molecule has 0 fully saturated rings. The van der Waals surface area contributed by atoms with Crippen LogP contribution in [0.2, 0.25) is 5.02 Å². The van der Waals surface area contributed by atoms with Gasteiger partial charge in [0.15, 0.2) is 0 Å². The van der Waals surface area contributed by atoms with Gasteiger partial charge in [-0.1, -0.05) is 17.7 Å². The highest BCUT2D eigenvalue weighted by Gasteiger charge is 2.25. The number of nitrogens with one attached hydrogen (secondary N) is 1. The summed E-state index contributed by atoms with van der Waals surface area (Å²) >= 11 is 9.36. The molecule has 1 amide bonds. The molecule has 0 saturated carbocycles. The van der Waals surface area contributed by atoms with E-state index in [4.69, 9.17) is 11.6 Å². The van der Waals surface area contributed by atoms with Gasteiger partial charge in [-0.2, -0.15) is 0 Å². The lowest BCUT2D eigenvalue weighted by Crippen LogP contribution is -2.41. The van der Waals surface area contributed by atoms with Crippen molar-refractivity contribution in [3.8, 4) is 0 Å². The van der Waals surface area contributed by atoms with Crippen LogP contribution in [0.25, 0.3) is 0 Å². The summed E-state index contributed by atoms with van der Waals surface area (Å²) in [6, 6.07) is 7.15. The molecule has 7 heteroatoms. The third-order valence-corrected chi connectivity index (χ3v) is 4.37. The van der Waals surface area contributed by atoms with Gasteiger partial charge in [0.05, 0.1) is 5.54 Å². The summed E-state index contributed by atoms with van der Waals surface area (Å²) in [7, 11) is 0. The number of carbonyl (C=O) groups excluding carboxylic acids is 1. The summed E-state index contributed by atoms with van der Waals surface area (Å²) in [6.45, 7) is 3.84. The first kappa shape index (κ1) is 18.7. The maximum atomic E-state index is 13.2. The zero-order valence-corrected chi connectivity index (χ0v) is 15.6. The molecule has 0 unspecified atom stereocenters.